The molecule has 0 aliphatic carbocycles. The molecule has 6 nitrogen and oxygen atoms in total. The minimum atomic E-state index is -0.793. The van der Waals surface area contributed by atoms with Crippen molar-refractivity contribution in [2.75, 3.05) is 5.32 Å². The number of hydrogen-bond donors (Lipinski definition) is 2. The Bertz CT molecular complexity index is 995. The number of halogens is 1. The average Bonchev–Trinajstić information content (AvgIpc) is 3.34. The van der Waals surface area contributed by atoms with E-state index in [0.717, 1.165) is 10.4 Å². The summed E-state index contributed by atoms with van der Waals surface area (Å²) in [6.07, 6.45) is 1.43. The predicted molar refractivity (Wildman–Crippen MR) is 103 cm³/mol. The van der Waals surface area contributed by atoms with E-state index in [0.29, 0.717) is 15.6 Å². The second-order valence-electron chi connectivity index (χ2n) is 5.67. The molecular formula is C19H15ClN2O4S. The molecule has 0 unspecified atom stereocenters. The number of ketones is 1. The first-order valence-electron chi connectivity index (χ1n) is 7.96. The summed E-state index contributed by atoms with van der Waals surface area (Å²) in [5.74, 6) is -1.54. The largest absolute Gasteiger partial charge is 0.461 e. The van der Waals surface area contributed by atoms with Crippen LogP contribution in [0.4, 0.5) is 5.69 Å². The maximum absolute atomic E-state index is 12.2. The van der Waals surface area contributed by atoms with Gasteiger partial charge in [0.2, 0.25) is 5.78 Å². The van der Waals surface area contributed by atoms with Gasteiger partial charge in [0.1, 0.15) is 0 Å². The van der Waals surface area contributed by atoms with Crippen LogP contribution in [0.5, 0.6) is 0 Å². The van der Waals surface area contributed by atoms with Crippen LogP contribution in [0.1, 0.15) is 25.9 Å². The Kier molecular flexibility index (Phi) is 5.73. The number of anilines is 1. The number of nitrogens with one attached hydrogen (secondary N) is 2. The van der Waals surface area contributed by atoms with Gasteiger partial charge >= 0.3 is 11.8 Å². The summed E-state index contributed by atoms with van der Waals surface area (Å²) < 4.78 is 5.09. The SMILES string of the molecule is Cc1ccc(NC(=O)C(=O)NCc2ccc(C(=O)c3ccco3)s2)cc1Cl. The van der Waals surface area contributed by atoms with Gasteiger partial charge in [-0.05, 0) is 48.9 Å². The van der Waals surface area contributed by atoms with Crippen molar-refractivity contribution < 1.29 is 18.8 Å². The van der Waals surface area contributed by atoms with Crippen molar-refractivity contribution in [1.29, 1.82) is 0 Å². The molecule has 1 aromatic carbocycles. The molecule has 27 heavy (non-hydrogen) atoms. The van der Waals surface area contributed by atoms with Crippen molar-refractivity contribution in [3.63, 3.8) is 0 Å². The van der Waals surface area contributed by atoms with Crippen molar-refractivity contribution in [2.24, 2.45) is 0 Å². The Hall–Kier alpha value is -2.90. The molecule has 0 fully saturated rings. The van der Waals surface area contributed by atoms with Crippen molar-refractivity contribution in [2.45, 2.75) is 13.5 Å². The number of rotatable bonds is 5. The minimum Gasteiger partial charge on any atom is -0.461 e. The molecule has 0 aliphatic rings. The molecule has 2 heterocycles. The third-order valence-corrected chi connectivity index (χ3v) is 5.18. The summed E-state index contributed by atoms with van der Waals surface area (Å²) in [7, 11) is 0. The number of thiophene rings is 1. The zero-order valence-electron chi connectivity index (χ0n) is 14.2. The van der Waals surface area contributed by atoms with Gasteiger partial charge in [-0.1, -0.05) is 17.7 Å². The fourth-order valence-electron chi connectivity index (χ4n) is 2.23. The second-order valence-corrected chi connectivity index (χ2v) is 7.25. The number of furan rings is 1. The summed E-state index contributed by atoms with van der Waals surface area (Å²) in [5, 5.41) is 5.51. The highest BCUT2D eigenvalue weighted by Crippen LogP contribution is 2.21. The van der Waals surface area contributed by atoms with Gasteiger partial charge in [0, 0.05) is 15.6 Å². The van der Waals surface area contributed by atoms with E-state index in [1.165, 1.54) is 17.6 Å². The lowest BCUT2D eigenvalue weighted by Crippen LogP contribution is -2.34. The van der Waals surface area contributed by atoms with E-state index >= 15 is 0 Å². The number of carbonyl (C=O) groups is 3. The summed E-state index contributed by atoms with van der Waals surface area (Å²) in [4.78, 5) is 37.3. The Morgan fingerprint density at radius 1 is 1.11 bits per heavy atom. The zero-order valence-corrected chi connectivity index (χ0v) is 15.8. The first kappa shape index (κ1) is 18.9. The van der Waals surface area contributed by atoms with Crippen LogP contribution in [0.2, 0.25) is 5.02 Å². The number of aryl methyl sites for hydroxylation is 1. The second kappa shape index (κ2) is 8.20. The van der Waals surface area contributed by atoms with Crippen molar-refractivity contribution in [1.82, 2.24) is 5.32 Å². The minimum absolute atomic E-state index is 0.136. The van der Waals surface area contributed by atoms with Crippen molar-refractivity contribution >= 4 is 46.2 Å². The number of hydrogen-bond acceptors (Lipinski definition) is 5. The van der Waals surface area contributed by atoms with Gasteiger partial charge in [-0.2, -0.15) is 0 Å². The lowest BCUT2D eigenvalue weighted by Gasteiger charge is -2.07. The van der Waals surface area contributed by atoms with Crippen LogP contribution in [0.3, 0.4) is 0 Å². The third-order valence-electron chi connectivity index (χ3n) is 3.69. The molecule has 3 rings (SSSR count). The van der Waals surface area contributed by atoms with Gasteiger partial charge in [0.05, 0.1) is 17.7 Å². The van der Waals surface area contributed by atoms with E-state index in [1.807, 2.05) is 6.92 Å². The monoisotopic (exact) mass is 402 g/mol. The molecule has 0 saturated carbocycles. The summed E-state index contributed by atoms with van der Waals surface area (Å²) in [6, 6.07) is 11.6. The molecular weight excluding hydrogens is 388 g/mol. The highest BCUT2D eigenvalue weighted by molar-refractivity contribution is 7.14. The molecule has 0 atom stereocenters. The predicted octanol–water partition coefficient (Wildman–Crippen LogP) is 3.79. The van der Waals surface area contributed by atoms with E-state index in [-0.39, 0.29) is 18.1 Å². The molecule has 0 saturated heterocycles. The summed E-state index contributed by atoms with van der Waals surface area (Å²) in [6.45, 7) is 1.98. The maximum atomic E-state index is 12.2. The van der Waals surface area contributed by atoms with Crippen LogP contribution in [0.25, 0.3) is 0 Å². The Morgan fingerprint density at radius 2 is 1.93 bits per heavy atom. The molecule has 0 spiro atoms. The van der Waals surface area contributed by atoms with Gasteiger partial charge in [0.15, 0.2) is 5.76 Å². The fourth-order valence-corrected chi connectivity index (χ4v) is 3.30. The van der Waals surface area contributed by atoms with E-state index < -0.39 is 11.8 Å². The highest BCUT2D eigenvalue weighted by atomic mass is 35.5. The first-order chi connectivity index (χ1) is 12.9. The van der Waals surface area contributed by atoms with Gasteiger partial charge < -0.3 is 15.1 Å². The molecule has 8 heteroatoms. The molecule has 2 amide bonds. The van der Waals surface area contributed by atoms with E-state index in [2.05, 4.69) is 10.6 Å². The standard InChI is InChI=1S/C19H15ClN2O4S/c1-11-4-5-12(9-14(11)20)22-19(25)18(24)21-10-13-6-7-16(27-13)17(23)15-3-2-8-26-15/h2-9H,10H2,1H3,(H,21,24)(H,22,25). The summed E-state index contributed by atoms with van der Waals surface area (Å²) in [5.41, 5.74) is 1.31. The smallest absolute Gasteiger partial charge is 0.313 e. The molecule has 3 aromatic rings. The molecule has 0 radical (unpaired) electrons. The zero-order chi connectivity index (χ0) is 19.4. The van der Waals surface area contributed by atoms with Gasteiger partial charge in [-0.15, -0.1) is 11.3 Å². The van der Waals surface area contributed by atoms with Crippen LogP contribution in [-0.4, -0.2) is 17.6 Å². The van der Waals surface area contributed by atoms with Crippen LogP contribution >= 0.6 is 22.9 Å². The molecule has 2 aromatic heterocycles. The van der Waals surface area contributed by atoms with E-state index in [4.69, 9.17) is 16.0 Å². The first-order valence-corrected chi connectivity index (χ1v) is 9.16. The van der Waals surface area contributed by atoms with E-state index in [9.17, 15) is 14.4 Å². The average molecular weight is 403 g/mol. The van der Waals surface area contributed by atoms with Gasteiger partial charge in [-0.3, -0.25) is 14.4 Å². The number of benzene rings is 1. The lowest BCUT2D eigenvalue weighted by molar-refractivity contribution is -0.136. The fraction of sp³-hybridized carbons (Fsp3) is 0.105. The Morgan fingerprint density at radius 3 is 2.63 bits per heavy atom. The van der Waals surface area contributed by atoms with Crippen LogP contribution < -0.4 is 10.6 Å². The molecule has 2 N–H and O–H groups in total. The van der Waals surface area contributed by atoms with E-state index in [1.54, 1.807) is 42.5 Å². The third kappa shape index (κ3) is 4.64. The topological polar surface area (TPSA) is 88.4 Å². The summed E-state index contributed by atoms with van der Waals surface area (Å²) >= 11 is 7.23. The van der Waals surface area contributed by atoms with Crippen LogP contribution in [0, 0.1) is 6.92 Å². The van der Waals surface area contributed by atoms with Crippen molar-refractivity contribution in [3.8, 4) is 0 Å². The Labute approximate surface area is 164 Å². The van der Waals surface area contributed by atoms with Gasteiger partial charge in [-0.25, -0.2) is 0 Å². The Balaban J connectivity index is 1.55. The van der Waals surface area contributed by atoms with Crippen LogP contribution in [-0.2, 0) is 16.1 Å². The number of carbonyl (C=O) groups excluding carboxylic acids is 3. The van der Waals surface area contributed by atoms with Crippen LogP contribution in [0.15, 0.2) is 53.1 Å². The lowest BCUT2D eigenvalue weighted by atomic mass is 10.2. The molecule has 0 aliphatic heterocycles. The highest BCUT2D eigenvalue weighted by Gasteiger charge is 2.17. The van der Waals surface area contributed by atoms with Crippen molar-refractivity contribution in [3.05, 3.63) is 74.8 Å². The maximum Gasteiger partial charge on any atom is 0.313 e. The number of amides is 2. The molecule has 138 valence electrons. The normalized spacial score (nSPS) is 10.4. The van der Waals surface area contributed by atoms with Gasteiger partial charge in [0.25, 0.3) is 0 Å². The quantitative estimate of drug-likeness (QED) is 0.502. The molecule has 0 bridgehead atoms.